The molecule has 0 atom stereocenters. The Hall–Kier alpha value is -3.09. The van der Waals surface area contributed by atoms with Crippen molar-refractivity contribution in [2.24, 2.45) is 0 Å². The second kappa shape index (κ2) is 8.33. The zero-order valence-corrected chi connectivity index (χ0v) is 14.0. The third-order valence-electron chi connectivity index (χ3n) is 3.45. The van der Waals surface area contributed by atoms with E-state index in [9.17, 15) is 22.8 Å². The summed E-state index contributed by atoms with van der Waals surface area (Å²) >= 11 is 0. The van der Waals surface area contributed by atoms with E-state index in [1.807, 2.05) is 6.07 Å². The standard InChI is InChI=1S/C19H17F3N2O2/c1-24(13-17(25)23-16-8-3-2-4-9-16)18(26)11-10-14-6-5-7-15(12-14)19(20,21)22/h2-12H,13H2,1H3,(H,23,25)/b11-10+. The van der Waals surface area contributed by atoms with Crippen LogP contribution in [-0.2, 0) is 15.8 Å². The second-order valence-electron chi connectivity index (χ2n) is 5.57. The molecule has 2 aromatic carbocycles. The van der Waals surface area contributed by atoms with Crippen LogP contribution in [0.3, 0.4) is 0 Å². The molecule has 0 bridgehead atoms. The van der Waals surface area contributed by atoms with Gasteiger partial charge >= 0.3 is 6.18 Å². The number of halogens is 3. The van der Waals surface area contributed by atoms with Crippen LogP contribution in [0.5, 0.6) is 0 Å². The van der Waals surface area contributed by atoms with Gasteiger partial charge in [-0.1, -0.05) is 30.3 Å². The van der Waals surface area contributed by atoms with Crippen LogP contribution >= 0.6 is 0 Å². The molecule has 1 N–H and O–H groups in total. The van der Waals surface area contributed by atoms with E-state index < -0.39 is 17.6 Å². The lowest BCUT2D eigenvalue weighted by Crippen LogP contribution is -2.33. The minimum atomic E-state index is -4.44. The largest absolute Gasteiger partial charge is 0.416 e. The summed E-state index contributed by atoms with van der Waals surface area (Å²) in [4.78, 5) is 25.1. The number of nitrogens with one attached hydrogen (secondary N) is 1. The SMILES string of the molecule is CN(CC(=O)Nc1ccccc1)C(=O)/C=C/c1cccc(C(F)(F)F)c1. The van der Waals surface area contributed by atoms with Crippen molar-refractivity contribution in [2.45, 2.75) is 6.18 Å². The first-order valence-electron chi connectivity index (χ1n) is 7.71. The predicted molar refractivity (Wildman–Crippen MR) is 93.2 cm³/mol. The fourth-order valence-electron chi connectivity index (χ4n) is 2.13. The summed E-state index contributed by atoms with van der Waals surface area (Å²) in [6.07, 6.45) is -2.03. The number of rotatable bonds is 5. The molecule has 0 aromatic heterocycles. The highest BCUT2D eigenvalue weighted by molar-refractivity contribution is 5.97. The molecule has 4 nitrogen and oxygen atoms in total. The van der Waals surface area contributed by atoms with Crippen LogP contribution in [0.4, 0.5) is 18.9 Å². The van der Waals surface area contributed by atoms with Crippen molar-refractivity contribution >= 4 is 23.6 Å². The van der Waals surface area contributed by atoms with Crippen molar-refractivity contribution in [1.82, 2.24) is 4.90 Å². The molecule has 0 radical (unpaired) electrons. The van der Waals surface area contributed by atoms with Gasteiger partial charge in [-0.2, -0.15) is 13.2 Å². The molecule has 136 valence electrons. The van der Waals surface area contributed by atoms with E-state index in [1.54, 1.807) is 24.3 Å². The van der Waals surface area contributed by atoms with E-state index in [2.05, 4.69) is 5.32 Å². The number of anilines is 1. The first-order valence-corrected chi connectivity index (χ1v) is 7.71. The predicted octanol–water partition coefficient (Wildman–Crippen LogP) is 3.82. The zero-order valence-electron chi connectivity index (χ0n) is 14.0. The smallest absolute Gasteiger partial charge is 0.333 e. The molecule has 7 heteroatoms. The number of para-hydroxylation sites is 1. The third kappa shape index (κ3) is 5.77. The molecule has 0 heterocycles. The fourth-order valence-corrected chi connectivity index (χ4v) is 2.13. The molecule has 0 spiro atoms. The minimum Gasteiger partial charge on any atom is -0.333 e. The van der Waals surface area contributed by atoms with Crippen LogP contribution in [0.25, 0.3) is 6.08 Å². The maximum absolute atomic E-state index is 12.7. The van der Waals surface area contributed by atoms with E-state index >= 15 is 0 Å². The molecule has 0 aliphatic heterocycles. The third-order valence-corrected chi connectivity index (χ3v) is 3.45. The highest BCUT2D eigenvalue weighted by atomic mass is 19.4. The summed E-state index contributed by atoms with van der Waals surface area (Å²) in [5, 5.41) is 2.64. The summed E-state index contributed by atoms with van der Waals surface area (Å²) in [6, 6.07) is 13.4. The molecular weight excluding hydrogens is 345 g/mol. The van der Waals surface area contributed by atoms with Crippen LogP contribution in [0.1, 0.15) is 11.1 Å². The van der Waals surface area contributed by atoms with Crippen LogP contribution in [-0.4, -0.2) is 30.3 Å². The van der Waals surface area contributed by atoms with E-state index in [4.69, 9.17) is 0 Å². The first-order chi connectivity index (χ1) is 12.3. The van der Waals surface area contributed by atoms with Crippen molar-refractivity contribution in [3.63, 3.8) is 0 Å². The van der Waals surface area contributed by atoms with Crippen molar-refractivity contribution in [2.75, 3.05) is 18.9 Å². The zero-order chi connectivity index (χ0) is 19.2. The lowest BCUT2D eigenvalue weighted by atomic mass is 10.1. The Morgan fingerprint density at radius 2 is 1.77 bits per heavy atom. The molecule has 0 unspecified atom stereocenters. The Morgan fingerprint density at radius 3 is 2.42 bits per heavy atom. The van der Waals surface area contributed by atoms with E-state index in [-0.39, 0.29) is 18.0 Å². The minimum absolute atomic E-state index is 0.180. The monoisotopic (exact) mass is 362 g/mol. The van der Waals surface area contributed by atoms with Gasteiger partial charge in [0.1, 0.15) is 0 Å². The Bertz CT molecular complexity index is 802. The van der Waals surface area contributed by atoms with Gasteiger partial charge in [0.25, 0.3) is 0 Å². The Balaban J connectivity index is 1.94. The molecule has 0 aliphatic carbocycles. The summed E-state index contributed by atoms with van der Waals surface area (Å²) in [6.45, 7) is -0.180. The molecule has 2 rings (SSSR count). The number of carbonyl (C=O) groups excluding carboxylic acids is 2. The number of nitrogens with zero attached hydrogens (tertiary/aromatic N) is 1. The molecule has 2 aromatic rings. The maximum Gasteiger partial charge on any atom is 0.416 e. The Labute approximate surface area is 148 Å². The van der Waals surface area contributed by atoms with Gasteiger partial charge in [0.2, 0.25) is 11.8 Å². The summed E-state index contributed by atoms with van der Waals surface area (Å²) < 4.78 is 38.0. The van der Waals surface area contributed by atoms with Crippen molar-refractivity contribution in [3.8, 4) is 0 Å². The molecule has 0 saturated carbocycles. The van der Waals surface area contributed by atoms with Gasteiger partial charge in [-0.15, -0.1) is 0 Å². The fraction of sp³-hybridized carbons (Fsp3) is 0.158. The quantitative estimate of drug-likeness (QED) is 0.822. The number of benzene rings is 2. The Morgan fingerprint density at radius 1 is 1.08 bits per heavy atom. The van der Waals surface area contributed by atoms with Gasteiger partial charge in [0.05, 0.1) is 12.1 Å². The summed E-state index contributed by atoms with van der Waals surface area (Å²) in [5.74, 6) is -0.870. The topological polar surface area (TPSA) is 49.4 Å². The van der Waals surface area contributed by atoms with Crippen molar-refractivity contribution in [1.29, 1.82) is 0 Å². The summed E-state index contributed by atoms with van der Waals surface area (Å²) in [5.41, 5.74) is 0.0656. The molecule has 2 amide bonds. The second-order valence-corrected chi connectivity index (χ2v) is 5.57. The van der Waals surface area contributed by atoms with Crippen LogP contribution in [0.15, 0.2) is 60.7 Å². The van der Waals surface area contributed by atoms with Gasteiger partial charge < -0.3 is 10.2 Å². The number of amides is 2. The normalized spacial score (nSPS) is 11.4. The lowest BCUT2D eigenvalue weighted by Gasteiger charge is -2.14. The van der Waals surface area contributed by atoms with Gasteiger partial charge in [-0.25, -0.2) is 0 Å². The number of carbonyl (C=O) groups is 2. The average Bonchev–Trinajstić information content (AvgIpc) is 2.60. The number of hydrogen-bond donors (Lipinski definition) is 1. The highest BCUT2D eigenvalue weighted by Gasteiger charge is 2.30. The van der Waals surface area contributed by atoms with Crippen molar-refractivity contribution in [3.05, 3.63) is 71.8 Å². The highest BCUT2D eigenvalue weighted by Crippen LogP contribution is 2.29. The van der Waals surface area contributed by atoms with E-state index in [1.165, 1.54) is 30.2 Å². The van der Waals surface area contributed by atoms with Gasteiger partial charge in [-0.3, -0.25) is 9.59 Å². The number of likely N-dealkylation sites (N-methyl/N-ethyl adjacent to an activating group) is 1. The molecular formula is C19H17F3N2O2. The van der Waals surface area contributed by atoms with Gasteiger partial charge in [-0.05, 0) is 35.9 Å². The summed E-state index contributed by atoms with van der Waals surface area (Å²) in [7, 11) is 1.43. The molecule has 0 fully saturated rings. The van der Waals surface area contributed by atoms with Gasteiger partial charge in [0.15, 0.2) is 0 Å². The average molecular weight is 362 g/mol. The number of hydrogen-bond acceptors (Lipinski definition) is 2. The van der Waals surface area contributed by atoms with Crippen molar-refractivity contribution < 1.29 is 22.8 Å². The van der Waals surface area contributed by atoms with Crippen LogP contribution < -0.4 is 5.32 Å². The maximum atomic E-state index is 12.7. The van der Waals surface area contributed by atoms with Crippen LogP contribution in [0, 0.1) is 0 Å². The van der Waals surface area contributed by atoms with Crippen LogP contribution in [0.2, 0.25) is 0 Å². The first kappa shape index (κ1) is 19.2. The molecule has 0 saturated heterocycles. The molecule has 26 heavy (non-hydrogen) atoms. The van der Waals surface area contributed by atoms with Gasteiger partial charge in [0, 0.05) is 18.8 Å². The number of alkyl halides is 3. The molecule has 0 aliphatic rings. The Kier molecular flexibility index (Phi) is 6.16. The van der Waals surface area contributed by atoms with E-state index in [0.29, 0.717) is 5.69 Å². The lowest BCUT2D eigenvalue weighted by molar-refractivity contribution is -0.137. The van der Waals surface area contributed by atoms with E-state index in [0.717, 1.165) is 18.2 Å².